The zero-order valence-electron chi connectivity index (χ0n) is 12.7. The molecule has 112 valence electrons. The van der Waals surface area contributed by atoms with E-state index in [0.717, 1.165) is 12.0 Å². The van der Waals surface area contributed by atoms with Crippen LogP contribution >= 0.6 is 0 Å². The minimum absolute atomic E-state index is 0.0134. The van der Waals surface area contributed by atoms with E-state index in [2.05, 4.69) is 15.5 Å². The van der Waals surface area contributed by atoms with Crippen LogP contribution in [0.15, 0.2) is 28.7 Å². The maximum Gasteiger partial charge on any atom is 0.247 e. The van der Waals surface area contributed by atoms with Gasteiger partial charge in [-0.15, -0.1) is 10.2 Å². The summed E-state index contributed by atoms with van der Waals surface area (Å²) in [6.45, 7) is 6.05. The number of carbonyl (C=O) groups excluding carboxylic acids is 1. The molecule has 0 radical (unpaired) electrons. The van der Waals surface area contributed by atoms with E-state index in [1.54, 1.807) is 0 Å². The van der Waals surface area contributed by atoms with Gasteiger partial charge in [0.25, 0.3) is 0 Å². The zero-order valence-corrected chi connectivity index (χ0v) is 12.7. The number of amides is 1. The van der Waals surface area contributed by atoms with Crippen molar-refractivity contribution in [2.75, 3.05) is 0 Å². The maximum atomic E-state index is 11.7. The minimum atomic E-state index is 0.0134. The monoisotopic (exact) mass is 287 g/mol. The summed E-state index contributed by atoms with van der Waals surface area (Å²) >= 11 is 0. The van der Waals surface area contributed by atoms with Crippen LogP contribution in [-0.4, -0.2) is 22.1 Å². The summed E-state index contributed by atoms with van der Waals surface area (Å²) in [6, 6.07) is 8.09. The Balaban J connectivity index is 1.91. The van der Waals surface area contributed by atoms with E-state index < -0.39 is 0 Å². The molecular weight excluding hydrogens is 266 g/mol. The molecule has 1 aromatic heterocycles. The molecule has 1 aromatic carbocycles. The number of hydrogen-bond acceptors (Lipinski definition) is 4. The van der Waals surface area contributed by atoms with E-state index in [-0.39, 0.29) is 11.9 Å². The highest BCUT2D eigenvalue weighted by Crippen LogP contribution is 2.18. The third-order valence-corrected chi connectivity index (χ3v) is 3.35. The van der Waals surface area contributed by atoms with Crippen LogP contribution in [0.1, 0.15) is 38.1 Å². The highest BCUT2D eigenvalue weighted by atomic mass is 16.4. The molecule has 0 saturated heterocycles. The number of aromatic nitrogens is 2. The minimum Gasteiger partial charge on any atom is -0.421 e. The summed E-state index contributed by atoms with van der Waals surface area (Å²) < 4.78 is 5.59. The average molecular weight is 287 g/mol. The Bertz CT molecular complexity index is 590. The van der Waals surface area contributed by atoms with Gasteiger partial charge in [-0.3, -0.25) is 4.79 Å². The van der Waals surface area contributed by atoms with Crippen molar-refractivity contribution in [3.05, 3.63) is 35.7 Å². The molecule has 0 aliphatic rings. The first-order valence-electron chi connectivity index (χ1n) is 7.27. The van der Waals surface area contributed by atoms with Gasteiger partial charge in [0.15, 0.2) is 0 Å². The van der Waals surface area contributed by atoms with Crippen LogP contribution in [0, 0.1) is 6.92 Å². The van der Waals surface area contributed by atoms with Crippen LogP contribution < -0.4 is 5.32 Å². The third-order valence-electron chi connectivity index (χ3n) is 3.35. The molecule has 0 saturated carbocycles. The fourth-order valence-electron chi connectivity index (χ4n) is 1.84. The van der Waals surface area contributed by atoms with Gasteiger partial charge in [0, 0.05) is 24.4 Å². The van der Waals surface area contributed by atoms with Crippen molar-refractivity contribution in [3.8, 4) is 11.5 Å². The van der Waals surface area contributed by atoms with E-state index in [9.17, 15) is 4.79 Å². The molecule has 0 aliphatic heterocycles. The predicted octanol–water partition coefficient (Wildman–Crippen LogP) is 2.89. The second-order valence-electron chi connectivity index (χ2n) is 5.24. The summed E-state index contributed by atoms with van der Waals surface area (Å²) in [5.74, 6) is 0.997. The molecule has 21 heavy (non-hydrogen) atoms. The van der Waals surface area contributed by atoms with E-state index in [1.165, 1.54) is 5.56 Å². The number of nitrogens with one attached hydrogen (secondary N) is 1. The Morgan fingerprint density at radius 1 is 1.29 bits per heavy atom. The molecule has 0 aliphatic carbocycles. The van der Waals surface area contributed by atoms with Crippen LogP contribution in [-0.2, 0) is 11.2 Å². The number of hydrogen-bond donors (Lipinski definition) is 1. The lowest BCUT2D eigenvalue weighted by Gasteiger charge is -2.10. The summed E-state index contributed by atoms with van der Waals surface area (Å²) in [6.07, 6.45) is 1.74. The molecule has 0 bridgehead atoms. The zero-order chi connectivity index (χ0) is 15.2. The van der Waals surface area contributed by atoms with Gasteiger partial charge in [0.2, 0.25) is 17.7 Å². The SMILES string of the molecule is CCC(C)NC(=O)CCc1nnc(-c2ccc(C)cc2)o1. The smallest absolute Gasteiger partial charge is 0.247 e. The molecule has 0 spiro atoms. The topological polar surface area (TPSA) is 68.0 Å². The number of rotatable bonds is 6. The van der Waals surface area contributed by atoms with Gasteiger partial charge >= 0.3 is 0 Å². The highest BCUT2D eigenvalue weighted by molar-refractivity contribution is 5.76. The van der Waals surface area contributed by atoms with Crippen LogP contribution in [0.4, 0.5) is 0 Å². The summed E-state index contributed by atoms with van der Waals surface area (Å²) in [5.41, 5.74) is 2.07. The lowest BCUT2D eigenvalue weighted by molar-refractivity contribution is -0.121. The standard InChI is InChI=1S/C16H21N3O2/c1-4-12(3)17-14(20)9-10-15-18-19-16(21-15)13-7-5-11(2)6-8-13/h5-8,12H,4,9-10H2,1-3H3,(H,17,20). The Labute approximate surface area is 124 Å². The maximum absolute atomic E-state index is 11.7. The molecule has 1 atom stereocenters. The fourth-order valence-corrected chi connectivity index (χ4v) is 1.84. The van der Waals surface area contributed by atoms with E-state index in [4.69, 9.17) is 4.42 Å². The van der Waals surface area contributed by atoms with Crippen molar-refractivity contribution in [1.82, 2.24) is 15.5 Å². The van der Waals surface area contributed by atoms with E-state index in [0.29, 0.717) is 24.6 Å². The van der Waals surface area contributed by atoms with Crippen molar-refractivity contribution in [2.45, 2.75) is 46.1 Å². The average Bonchev–Trinajstić information content (AvgIpc) is 2.94. The second kappa shape index (κ2) is 7.02. The van der Waals surface area contributed by atoms with E-state index in [1.807, 2.05) is 45.0 Å². The largest absolute Gasteiger partial charge is 0.421 e. The summed E-state index contributed by atoms with van der Waals surface area (Å²) in [7, 11) is 0. The van der Waals surface area contributed by atoms with Gasteiger partial charge in [0.1, 0.15) is 0 Å². The van der Waals surface area contributed by atoms with Gasteiger partial charge in [-0.2, -0.15) is 0 Å². The van der Waals surface area contributed by atoms with Crippen molar-refractivity contribution < 1.29 is 9.21 Å². The summed E-state index contributed by atoms with van der Waals surface area (Å²) in [4.78, 5) is 11.7. The van der Waals surface area contributed by atoms with Gasteiger partial charge in [-0.1, -0.05) is 24.6 Å². The van der Waals surface area contributed by atoms with Gasteiger partial charge in [-0.05, 0) is 32.4 Å². The number of carbonyl (C=O) groups is 1. The Morgan fingerprint density at radius 3 is 2.67 bits per heavy atom. The van der Waals surface area contributed by atoms with Gasteiger partial charge < -0.3 is 9.73 Å². The third kappa shape index (κ3) is 4.41. The van der Waals surface area contributed by atoms with Crippen molar-refractivity contribution in [2.24, 2.45) is 0 Å². The van der Waals surface area contributed by atoms with Crippen molar-refractivity contribution in [1.29, 1.82) is 0 Å². The molecule has 2 rings (SSSR count). The predicted molar refractivity (Wildman–Crippen MR) is 80.7 cm³/mol. The first-order chi connectivity index (χ1) is 10.1. The van der Waals surface area contributed by atoms with Crippen molar-refractivity contribution >= 4 is 5.91 Å². The Hall–Kier alpha value is -2.17. The highest BCUT2D eigenvalue weighted by Gasteiger charge is 2.11. The van der Waals surface area contributed by atoms with Crippen LogP contribution in [0.25, 0.3) is 11.5 Å². The number of benzene rings is 1. The molecular formula is C16H21N3O2. The van der Waals surface area contributed by atoms with Gasteiger partial charge in [-0.25, -0.2) is 0 Å². The van der Waals surface area contributed by atoms with Crippen LogP contribution in [0.3, 0.4) is 0 Å². The lowest BCUT2D eigenvalue weighted by atomic mass is 10.1. The van der Waals surface area contributed by atoms with Crippen LogP contribution in [0.5, 0.6) is 0 Å². The van der Waals surface area contributed by atoms with Crippen LogP contribution in [0.2, 0.25) is 0 Å². The Kier molecular flexibility index (Phi) is 5.09. The molecule has 1 heterocycles. The lowest BCUT2D eigenvalue weighted by Crippen LogP contribution is -2.32. The number of aryl methyl sites for hydroxylation is 2. The van der Waals surface area contributed by atoms with E-state index >= 15 is 0 Å². The van der Waals surface area contributed by atoms with Crippen molar-refractivity contribution in [3.63, 3.8) is 0 Å². The summed E-state index contributed by atoms with van der Waals surface area (Å²) in [5, 5.41) is 10.9. The molecule has 1 amide bonds. The Morgan fingerprint density at radius 2 is 2.00 bits per heavy atom. The van der Waals surface area contributed by atoms with Gasteiger partial charge in [0.05, 0.1) is 0 Å². The first kappa shape index (κ1) is 15.2. The molecule has 0 fully saturated rings. The number of nitrogens with zero attached hydrogens (tertiary/aromatic N) is 2. The molecule has 1 unspecified atom stereocenters. The second-order valence-corrected chi connectivity index (χ2v) is 5.24. The molecule has 2 aromatic rings. The molecule has 1 N–H and O–H groups in total. The first-order valence-corrected chi connectivity index (χ1v) is 7.27. The fraction of sp³-hybridized carbons (Fsp3) is 0.438. The molecule has 5 heteroatoms. The normalized spacial score (nSPS) is 12.1. The molecule has 5 nitrogen and oxygen atoms in total. The quantitative estimate of drug-likeness (QED) is 0.887.